The van der Waals surface area contributed by atoms with E-state index in [1.807, 2.05) is 59.3 Å². The summed E-state index contributed by atoms with van der Waals surface area (Å²) in [5, 5.41) is 4.94. The smallest absolute Gasteiger partial charge is 0.265 e. The van der Waals surface area contributed by atoms with Crippen LogP contribution in [0.4, 0.5) is 5.82 Å². The van der Waals surface area contributed by atoms with Crippen molar-refractivity contribution < 1.29 is 17.7 Å². The van der Waals surface area contributed by atoms with Crippen LogP contribution in [0, 0.1) is 13.8 Å². The van der Waals surface area contributed by atoms with E-state index in [0.29, 0.717) is 23.6 Å². The number of anilines is 1. The maximum absolute atomic E-state index is 13.7. The Balaban J connectivity index is 1.47. The number of ether oxygens (including phenoxy) is 1. The van der Waals surface area contributed by atoms with Gasteiger partial charge in [0.15, 0.2) is 5.82 Å². The lowest BCUT2D eigenvalue weighted by Gasteiger charge is -2.13. The zero-order chi connectivity index (χ0) is 29.4. The van der Waals surface area contributed by atoms with E-state index in [2.05, 4.69) is 27.4 Å². The average Bonchev–Trinajstić information content (AvgIpc) is 3.65. The Bertz CT molecular complexity index is 2020. The number of benzene rings is 3. The number of para-hydroxylation sites is 2. The van der Waals surface area contributed by atoms with Gasteiger partial charge in [-0.1, -0.05) is 48.8 Å². The molecule has 216 valence electrons. The third kappa shape index (κ3) is 4.92. The second kappa shape index (κ2) is 11.0. The number of hydrogen-bond donors (Lipinski definition) is 1. The Morgan fingerprint density at radius 3 is 2.55 bits per heavy atom. The molecular formula is C32H33N5O4S. The Labute approximate surface area is 244 Å². The van der Waals surface area contributed by atoms with Crippen LogP contribution in [-0.2, 0) is 23.0 Å². The first-order valence-electron chi connectivity index (χ1n) is 14.0. The molecule has 0 fully saturated rings. The van der Waals surface area contributed by atoms with Crippen LogP contribution in [0.1, 0.15) is 42.5 Å². The monoisotopic (exact) mass is 583 g/mol. The molecule has 3 heterocycles. The molecule has 6 rings (SSSR count). The van der Waals surface area contributed by atoms with Gasteiger partial charge in [0, 0.05) is 29.6 Å². The Kier molecular flexibility index (Phi) is 7.24. The van der Waals surface area contributed by atoms with Gasteiger partial charge in [-0.05, 0) is 56.2 Å². The van der Waals surface area contributed by atoms with Crippen LogP contribution in [-0.4, -0.2) is 34.8 Å². The van der Waals surface area contributed by atoms with Crippen molar-refractivity contribution in [3.05, 3.63) is 95.6 Å². The molecule has 1 N–H and O–H groups in total. The van der Waals surface area contributed by atoms with E-state index >= 15 is 0 Å². The van der Waals surface area contributed by atoms with Crippen LogP contribution >= 0.6 is 0 Å². The highest BCUT2D eigenvalue weighted by Gasteiger charge is 2.24. The molecule has 6 aromatic rings. The first kappa shape index (κ1) is 27.6. The highest BCUT2D eigenvalue weighted by Crippen LogP contribution is 2.32. The zero-order valence-corrected chi connectivity index (χ0v) is 24.9. The van der Waals surface area contributed by atoms with Crippen LogP contribution in [0.15, 0.2) is 82.3 Å². The van der Waals surface area contributed by atoms with Crippen molar-refractivity contribution in [2.24, 2.45) is 0 Å². The fourth-order valence-corrected chi connectivity index (χ4v) is 6.56. The zero-order valence-electron chi connectivity index (χ0n) is 24.1. The minimum atomic E-state index is -3.99. The Hall–Kier alpha value is -4.57. The number of aromatic nitrogens is 4. The molecule has 0 saturated carbocycles. The molecule has 42 heavy (non-hydrogen) atoms. The van der Waals surface area contributed by atoms with Gasteiger partial charge in [0.1, 0.15) is 22.2 Å². The largest absolute Gasteiger partial charge is 0.497 e. The molecule has 0 aliphatic heterocycles. The third-order valence-electron chi connectivity index (χ3n) is 7.71. The van der Waals surface area contributed by atoms with Crippen LogP contribution in [0.3, 0.4) is 0 Å². The summed E-state index contributed by atoms with van der Waals surface area (Å²) in [4.78, 5) is 5.10. The summed E-state index contributed by atoms with van der Waals surface area (Å²) in [5.41, 5.74) is 5.06. The van der Waals surface area contributed by atoms with E-state index in [0.717, 1.165) is 58.3 Å². The predicted octanol–water partition coefficient (Wildman–Crippen LogP) is 6.79. The summed E-state index contributed by atoms with van der Waals surface area (Å²) in [6.45, 7) is 6.26. The van der Waals surface area contributed by atoms with Gasteiger partial charge in [-0.15, -0.1) is 0 Å². The number of sulfonamides is 1. The van der Waals surface area contributed by atoms with Crippen molar-refractivity contribution in [3.8, 4) is 11.4 Å². The molecule has 3 aromatic carbocycles. The van der Waals surface area contributed by atoms with Gasteiger partial charge >= 0.3 is 0 Å². The van der Waals surface area contributed by atoms with Gasteiger partial charge in [0.25, 0.3) is 10.0 Å². The molecule has 0 radical (unpaired) electrons. The van der Waals surface area contributed by atoms with Crippen LogP contribution in [0.5, 0.6) is 5.75 Å². The molecule has 10 heteroatoms. The molecule has 9 nitrogen and oxygen atoms in total. The van der Waals surface area contributed by atoms with Crippen molar-refractivity contribution in [3.63, 3.8) is 0 Å². The summed E-state index contributed by atoms with van der Waals surface area (Å²) in [5.74, 6) is 2.53. The lowest BCUT2D eigenvalue weighted by atomic mass is 10.1. The quantitative estimate of drug-likeness (QED) is 0.191. The van der Waals surface area contributed by atoms with Gasteiger partial charge in [-0.2, -0.15) is 0 Å². The van der Waals surface area contributed by atoms with Crippen LogP contribution < -0.4 is 9.46 Å². The number of hydrogen-bond acceptors (Lipinski definition) is 6. The van der Waals surface area contributed by atoms with Crippen molar-refractivity contribution in [2.75, 3.05) is 11.8 Å². The molecule has 0 spiro atoms. The van der Waals surface area contributed by atoms with Crippen molar-refractivity contribution in [1.29, 1.82) is 0 Å². The third-order valence-corrected chi connectivity index (χ3v) is 9.10. The Morgan fingerprint density at radius 2 is 1.79 bits per heavy atom. The fraction of sp³-hybridized carbons (Fsp3) is 0.250. The molecule has 0 aliphatic rings. The molecule has 0 aliphatic carbocycles. The van der Waals surface area contributed by atoms with E-state index in [9.17, 15) is 8.42 Å². The first-order valence-corrected chi connectivity index (χ1v) is 15.5. The number of nitrogens with zero attached hydrogens (tertiary/aromatic N) is 4. The lowest BCUT2D eigenvalue weighted by molar-refractivity contribution is 0.399. The fourth-order valence-electron chi connectivity index (χ4n) is 5.31. The van der Waals surface area contributed by atoms with E-state index in [-0.39, 0.29) is 10.7 Å². The number of aryl methyl sites for hydroxylation is 2. The van der Waals surface area contributed by atoms with Crippen molar-refractivity contribution in [2.45, 2.75) is 51.5 Å². The van der Waals surface area contributed by atoms with E-state index in [1.54, 1.807) is 33.1 Å². The predicted molar refractivity (Wildman–Crippen MR) is 164 cm³/mol. The molecule has 3 aromatic heterocycles. The summed E-state index contributed by atoms with van der Waals surface area (Å²) < 4.78 is 44.9. The molecule has 0 amide bonds. The SMILES string of the molecule is CCCCc1nc2ccc(OC)cc2n1Cc1cn(-c2ccccc2S(=O)(=O)Nc2noc(C)c2C)c2ccccc12. The van der Waals surface area contributed by atoms with Gasteiger partial charge in [0.2, 0.25) is 0 Å². The minimum absolute atomic E-state index is 0.138. The van der Waals surface area contributed by atoms with Gasteiger partial charge in [-0.25, -0.2) is 13.4 Å². The van der Waals surface area contributed by atoms with Gasteiger partial charge in [-0.3, -0.25) is 4.72 Å². The maximum atomic E-state index is 13.7. The molecule has 0 unspecified atom stereocenters. The number of fused-ring (bicyclic) bond motifs is 2. The average molecular weight is 584 g/mol. The minimum Gasteiger partial charge on any atom is -0.497 e. The van der Waals surface area contributed by atoms with E-state index in [1.165, 1.54) is 0 Å². The molecular weight excluding hydrogens is 550 g/mol. The number of nitrogens with one attached hydrogen (secondary N) is 1. The Morgan fingerprint density at radius 1 is 1.00 bits per heavy atom. The maximum Gasteiger partial charge on any atom is 0.265 e. The highest BCUT2D eigenvalue weighted by atomic mass is 32.2. The highest BCUT2D eigenvalue weighted by molar-refractivity contribution is 7.92. The molecule has 0 atom stereocenters. The molecule has 0 bridgehead atoms. The van der Waals surface area contributed by atoms with Crippen molar-refractivity contribution in [1.82, 2.24) is 19.3 Å². The number of rotatable bonds is 10. The summed E-state index contributed by atoms with van der Waals surface area (Å²) in [6, 6.07) is 21.0. The summed E-state index contributed by atoms with van der Waals surface area (Å²) >= 11 is 0. The van der Waals surface area contributed by atoms with E-state index in [4.69, 9.17) is 14.2 Å². The number of imidazole rings is 1. The summed E-state index contributed by atoms with van der Waals surface area (Å²) in [7, 11) is -2.32. The topological polar surface area (TPSA) is 104 Å². The van der Waals surface area contributed by atoms with Crippen molar-refractivity contribution >= 4 is 37.8 Å². The van der Waals surface area contributed by atoms with Crippen LogP contribution in [0.25, 0.3) is 27.6 Å². The summed E-state index contributed by atoms with van der Waals surface area (Å²) in [6.07, 6.45) is 4.99. The number of unbranched alkanes of at least 4 members (excludes halogenated alkanes) is 1. The normalized spacial score (nSPS) is 11.9. The second-order valence-corrected chi connectivity index (χ2v) is 12.1. The lowest BCUT2D eigenvalue weighted by Crippen LogP contribution is -2.16. The van der Waals surface area contributed by atoms with E-state index < -0.39 is 10.0 Å². The first-order chi connectivity index (χ1) is 20.3. The number of methoxy groups -OCH3 is 1. The molecule has 0 saturated heterocycles. The standard InChI is InChI=1S/C32H33N5O4S/c1-5-6-15-31-33-26-17-16-24(40-4)18-29(26)37(31)20-23-19-36(27-12-8-7-11-25(23)27)28-13-9-10-14-30(28)42(38,39)35-32-21(2)22(3)41-34-32/h7-14,16-19H,5-6,15,20H2,1-4H3,(H,34,35). The second-order valence-electron chi connectivity index (χ2n) is 10.4. The van der Waals surface area contributed by atoms with Crippen LogP contribution in [0.2, 0.25) is 0 Å². The van der Waals surface area contributed by atoms with Gasteiger partial charge < -0.3 is 18.4 Å². The van der Waals surface area contributed by atoms with Gasteiger partial charge in [0.05, 0.1) is 35.9 Å².